The number of esters is 1. The first-order valence-electron chi connectivity index (χ1n) is 14.6. The van der Waals surface area contributed by atoms with E-state index in [1.54, 1.807) is 60.4 Å². The van der Waals surface area contributed by atoms with Gasteiger partial charge in [-0.25, -0.2) is 0 Å². The van der Waals surface area contributed by atoms with Crippen molar-refractivity contribution in [3.05, 3.63) is 53.6 Å². The molecule has 10 nitrogen and oxygen atoms in total. The molecule has 11 heteroatoms. The third kappa shape index (κ3) is 5.47. The number of likely N-dealkylation sites (tertiary alicyclic amines) is 1. The van der Waals surface area contributed by atoms with Gasteiger partial charge >= 0.3 is 5.97 Å². The Bertz CT molecular complexity index is 1280. The van der Waals surface area contributed by atoms with E-state index < -0.39 is 53.6 Å². The Kier molecular flexibility index (Phi) is 8.78. The van der Waals surface area contributed by atoms with Gasteiger partial charge in [-0.1, -0.05) is 49.8 Å². The molecular formula is C31H38ClN3O7. The SMILES string of the molecule is CC(C)C[C@H](CO)N1C(=O)[C@H]2[C@@H]3C(=O)O[C@@H](C)CNC(=O)CC/C=C\[C@@H]3O[C@]23C=CCN(c2ccc(Cl)cc2)C(=O)[C@H]13. The van der Waals surface area contributed by atoms with Crippen molar-refractivity contribution in [2.45, 2.75) is 69.9 Å². The maximum absolute atomic E-state index is 14.5. The van der Waals surface area contributed by atoms with E-state index in [0.29, 0.717) is 23.6 Å². The number of amides is 3. The Morgan fingerprint density at radius 2 is 1.86 bits per heavy atom. The second-order valence-corrected chi connectivity index (χ2v) is 12.3. The average Bonchev–Trinajstić information content (AvgIpc) is 3.34. The van der Waals surface area contributed by atoms with Crippen LogP contribution in [0.25, 0.3) is 0 Å². The topological polar surface area (TPSA) is 125 Å². The lowest BCUT2D eigenvalue weighted by Gasteiger charge is -2.39. The number of anilines is 1. The lowest BCUT2D eigenvalue weighted by Crippen LogP contribution is -2.58. The number of benzene rings is 1. The molecule has 226 valence electrons. The predicted molar refractivity (Wildman–Crippen MR) is 155 cm³/mol. The van der Waals surface area contributed by atoms with Gasteiger partial charge in [0.25, 0.3) is 5.91 Å². The Morgan fingerprint density at radius 3 is 2.55 bits per heavy atom. The number of nitrogens with one attached hydrogen (secondary N) is 1. The Hall–Kier alpha value is -3.21. The number of hydrogen-bond donors (Lipinski definition) is 2. The molecule has 1 spiro atoms. The van der Waals surface area contributed by atoms with E-state index in [9.17, 15) is 24.3 Å². The number of carbonyl (C=O) groups excluding carboxylic acids is 4. The highest BCUT2D eigenvalue weighted by molar-refractivity contribution is 6.30. The molecule has 1 aromatic carbocycles. The van der Waals surface area contributed by atoms with E-state index in [2.05, 4.69) is 5.32 Å². The summed E-state index contributed by atoms with van der Waals surface area (Å²) in [5.41, 5.74) is -0.878. The van der Waals surface area contributed by atoms with E-state index in [1.807, 2.05) is 13.8 Å². The van der Waals surface area contributed by atoms with Crippen molar-refractivity contribution in [1.82, 2.24) is 10.2 Å². The van der Waals surface area contributed by atoms with Crippen LogP contribution in [0.2, 0.25) is 5.02 Å². The second kappa shape index (κ2) is 12.2. The van der Waals surface area contributed by atoms with Gasteiger partial charge in [-0.15, -0.1) is 0 Å². The number of allylic oxidation sites excluding steroid dienone is 1. The van der Waals surface area contributed by atoms with Crippen LogP contribution in [-0.2, 0) is 28.7 Å². The van der Waals surface area contributed by atoms with Gasteiger partial charge in [0.2, 0.25) is 11.8 Å². The van der Waals surface area contributed by atoms with Gasteiger partial charge in [0.1, 0.15) is 23.7 Å². The van der Waals surface area contributed by atoms with Crippen LogP contribution in [0.3, 0.4) is 0 Å². The van der Waals surface area contributed by atoms with Crippen molar-refractivity contribution in [2.24, 2.45) is 17.8 Å². The molecule has 5 rings (SSSR count). The van der Waals surface area contributed by atoms with Crippen LogP contribution in [0.1, 0.15) is 40.0 Å². The molecule has 2 fully saturated rings. The van der Waals surface area contributed by atoms with E-state index in [0.717, 1.165) is 0 Å². The van der Waals surface area contributed by atoms with E-state index in [-0.39, 0.29) is 43.8 Å². The fraction of sp³-hybridized carbons (Fsp3) is 0.548. The molecule has 2 saturated heterocycles. The molecule has 0 radical (unpaired) electrons. The van der Waals surface area contributed by atoms with Gasteiger partial charge < -0.3 is 29.7 Å². The van der Waals surface area contributed by atoms with E-state index in [4.69, 9.17) is 21.1 Å². The summed E-state index contributed by atoms with van der Waals surface area (Å²) in [6, 6.07) is 5.06. The standard InChI is InChI=1S/C31H38ClN3O7/c1-18(2)15-22(17-36)35-27-29(39)34(21-11-9-20(32)10-12-21)14-6-13-31(27)26(28(35)38)25-23(42-31)7-4-5-8-24(37)33-16-19(3)41-30(25)40/h4,6-7,9-13,18-19,22-23,25-27,36H,5,8,14-17H2,1-3H3,(H,33,37)/b7-4-/t19-,22+,23-,25+,26+,27-,31+/m0/s1. The lowest BCUT2D eigenvalue weighted by atomic mass is 9.78. The Labute approximate surface area is 250 Å². The van der Waals surface area contributed by atoms with Gasteiger partial charge in [0.15, 0.2) is 0 Å². The van der Waals surface area contributed by atoms with Gasteiger partial charge in [0, 0.05) is 23.7 Å². The first-order chi connectivity index (χ1) is 20.1. The van der Waals surface area contributed by atoms with E-state index >= 15 is 0 Å². The van der Waals surface area contributed by atoms with Crippen molar-refractivity contribution in [2.75, 3.05) is 24.6 Å². The van der Waals surface area contributed by atoms with Crippen LogP contribution in [0.4, 0.5) is 5.69 Å². The number of carbonyl (C=O) groups is 4. The number of aliphatic hydroxyl groups excluding tert-OH is 1. The normalized spacial score (nSPS) is 33.1. The molecule has 1 aromatic rings. The molecule has 2 N–H and O–H groups in total. The fourth-order valence-corrected chi connectivity index (χ4v) is 6.79. The maximum atomic E-state index is 14.5. The Balaban J connectivity index is 1.62. The van der Waals surface area contributed by atoms with Crippen LogP contribution in [0.15, 0.2) is 48.6 Å². The summed E-state index contributed by atoms with van der Waals surface area (Å²) in [6.07, 6.45) is 6.64. The summed E-state index contributed by atoms with van der Waals surface area (Å²) in [5, 5.41) is 13.8. The number of rotatable bonds is 5. The highest BCUT2D eigenvalue weighted by Gasteiger charge is 2.72. The first-order valence-corrected chi connectivity index (χ1v) is 14.9. The zero-order chi connectivity index (χ0) is 30.2. The Morgan fingerprint density at radius 1 is 1.12 bits per heavy atom. The molecule has 0 bridgehead atoms. The molecule has 42 heavy (non-hydrogen) atoms. The number of nitrogens with zero attached hydrogens (tertiary/aromatic N) is 2. The highest BCUT2D eigenvalue weighted by Crippen LogP contribution is 2.54. The number of hydrogen-bond acceptors (Lipinski definition) is 7. The van der Waals surface area contributed by atoms with Crippen LogP contribution < -0.4 is 10.2 Å². The fourth-order valence-electron chi connectivity index (χ4n) is 6.67. The molecular weight excluding hydrogens is 562 g/mol. The average molecular weight is 600 g/mol. The maximum Gasteiger partial charge on any atom is 0.313 e. The van der Waals surface area contributed by atoms with Crippen LogP contribution >= 0.6 is 11.6 Å². The number of fused-ring (bicyclic) bond motifs is 2. The first kappa shape index (κ1) is 30.3. The molecule has 3 amide bonds. The van der Waals surface area contributed by atoms with Crippen molar-refractivity contribution < 1.29 is 33.8 Å². The number of aliphatic hydroxyl groups is 1. The number of halogens is 1. The zero-order valence-electron chi connectivity index (χ0n) is 24.1. The molecule has 0 aromatic heterocycles. The summed E-state index contributed by atoms with van der Waals surface area (Å²) in [4.78, 5) is 58.0. The minimum atomic E-state index is -1.48. The molecule has 4 heterocycles. The number of cyclic esters (lactones) is 1. The summed E-state index contributed by atoms with van der Waals surface area (Å²) < 4.78 is 12.4. The minimum absolute atomic E-state index is 0.120. The third-order valence-electron chi connectivity index (χ3n) is 8.46. The van der Waals surface area contributed by atoms with Gasteiger partial charge in [-0.2, -0.15) is 0 Å². The summed E-state index contributed by atoms with van der Waals surface area (Å²) in [5.74, 6) is -3.56. The third-order valence-corrected chi connectivity index (χ3v) is 8.71. The van der Waals surface area contributed by atoms with Crippen molar-refractivity contribution >= 4 is 41.0 Å². The van der Waals surface area contributed by atoms with Crippen LogP contribution in [0, 0.1) is 17.8 Å². The van der Waals surface area contributed by atoms with E-state index in [1.165, 1.54) is 4.90 Å². The van der Waals surface area contributed by atoms with Gasteiger partial charge in [0.05, 0.1) is 31.2 Å². The van der Waals surface area contributed by atoms with Crippen molar-refractivity contribution in [1.29, 1.82) is 0 Å². The monoisotopic (exact) mass is 599 g/mol. The summed E-state index contributed by atoms with van der Waals surface area (Å²) >= 11 is 6.11. The molecule has 7 atom stereocenters. The van der Waals surface area contributed by atoms with Gasteiger partial charge in [-0.3, -0.25) is 19.2 Å². The molecule has 4 aliphatic rings. The minimum Gasteiger partial charge on any atom is -0.460 e. The largest absolute Gasteiger partial charge is 0.460 e. The van der Waals surface area contributed by atoms with Crippen LogP contribution in [-0.4, -0.2) is 83.3 Å². The number of ether oxygens (including phenoxy) is 2. The smallest absolute Gasteiger partial charge is 0.313 e. The van der Waals surface area contributed by atoms with Crippen molar-refractivity contribution in [3.63, 3.8) is 0 Å². The quantitative estimate of drug-likeness (QED) is 0.394. The van der Waals surface area contributed by atoms with Crippen molar-refractivity contribution in [3.8, 4) is 0 Å². The molecule has 4 aliphatic heterocycles. The molecule has 0 saturated carbocycles. The lowest BCUT2D eigenvalue weighted by molar-refractivity contribution is -0.159. The molecule has 0 unspecified atom stereocenters. The second-order valence-electron chi connectivity index (χ2n) is 11.9. The summed E-state index contributed by atoms with van der Waals surface area (Å²) in [7, 11) is 0. The van der Waals surface area contributed by atoms with Gasteiger partial charge in [-0.05, 0) is 49.9 Å². The highest BCUT2D eigenvalue weighted by atomic mass is 35.5. The molecule has 0 aliphatic carbocycles. The zero-order valence-corrected chi connectivity index (χ0v) is 24.8. The summed E-state index contributed by atoms with van der Waals surface area (Å²) in [6.45, 7) is 5.64. The predicted octanol–water partition coefficient (Wildman–Crippen LogP) is 2.63. The van der Waals surface area contributed by atoms with Crippen LogP contribution in [0.5, 0.6) is 0 Å².